The van der Waals surface area contributed by atoms with Gasteiger partial charge < -0.3 is 4.74 Å². The van der Waals surface area contributed by atoms with Crippen LogP contribution in [0, 0.1) is 23.7 Å². The minimum atomic E-state index is -0.737. The molecule has 0 spiro atoms. The molecule has 0 N–H and O–H groups in total. The van der Waals surface area contributed by atoms with Gasteiger partial charge in [0.05, 0.1) is 28.0 Å². The van der Waals surface area contributed by atoms with Crippen molar-refractivity contribution < 1.29 is 28.7 Å². The number of carbonyl (C=O) groups is 5. The van der Waals surface area contributed by atoms with E-state index in [0.717, 1.165) is 20.9 Å². The molecule has 12 heteroatoms. The summed E-state index contributed by atoms with van der Waals surface area (Å²) in [5.41, 5.74) is 0.609. The van der Waals surface area contributed by atoms with E-state index in [1.165, 1.54) is 36.4 Å². The molecule has 0 radical (unpaired) electrons. The Labute approximate surface area is 277 Å². The highest BCUT2D eigenvalue weighted by molar-refractivity contribution is 9.12. The first-order valence-electron chi connectivity index (χ1n) is 13.4. The van der Waals surface area contributed by atoms with Crippen molar-refractivity contribution in [2.24, 2.45) is 23.7 Å². The molecule has 6 rings (SSSR count). The molecule has 1 aliphatic heterocycles. The van der Waals surface area contributed by atoms with Gasteiger partial charge in [-0.3, -0.25) is 19.2 Å². The third kappa shape index (κ3) is 5.38. The number of ether oxygens (including phenoxy) is 1. The highest BCUT2D eigenvalue weighted by Gasteiger charge is 2.67. The van der Waals surface area contributed by atoms with Crippen molar-refractivity contribution in [2.75, 3.05) is 6.54 Å². The van der Waals surface area contributed by atoms with Crippen molar-refractivity contribution in [3.63, 3.8) is 0 Å². The Bertz CT molecular complexity index is 1620. The van der Waals surface area contributed by atoms with Crippen LogP contribution in [0.4, 0.5) is 0 Å². The Morgan fingerprint density at radius 1 is 0.837 bits per heavy atom. The summed E-state index contributed by atoms with van der Waals surface area (Å²) in [6.45, 7) is -0.580. The number of imide groups is 1. The molecular formula is C31H22Br3ClN2O6. The molecule has 43 heavy (non-hydrogen) atoms. The number of hydrogen-bond donors (Lipinski definition) is 0. The van der Waals surface area contributed by atoms with Crippen LogP contribution in [0.1, 0.15) is 37.5 Å². The highest BCUT2D eigenvalue weighted by atomic mass is 79.9. The Morgan fingerprint density at radius 3 is 1.98 bits per heavy atom. The van der Waals surface area contributed by atoms with Crippen LogP contribution in [-0.4, -0.2) is 55.7 Å². The smallest absolute Gasteiger partial charge is 0.343 e. The lowest BCUT2D eigenvalue weighted by Gasteiger charge is -2.31. The standard InChI is InChI=1S/C31H22Br3ClN2O6/c32-17-9-5-16(6-10-17)31(42)43-18-11-7-15(8-12-18)23(38)14-36(28(39)19-3-1-2-4-22(19)35)37-29(40)24-20-13-21(25(24)30(37)41)27(34)26(20)33/h1-12,20-21,24-27H,13-14H2/t20-,21-,24-,25+,26+,27+/m1/s1. The molecular weight excluding hydrogens is 772 g/mol. The van der Waals surface area contributed by atoms with Gasteiger partial charge >= 0.3 is 5.97 Å². The maximum absolute atomic E-state index is 13.8. The van der Waals surface area contributed by atoms with Gasteiger partial charge in [-0.1, -0.05) is 71.5 Å². The highest BCUT2D eigenvalue weighted by Crippen LogP contribution is 2.60. The van der Waals surface area contributed by atoms with Crippen LogP contribution >= 0.6 is 59.4 Å². The number of Topliss-reactive ketones (excluding diaryl/α,β-unsaturated/α-hetero) is 1. The van der Waals surface area contributed by atoms with Crippen LogP contribution in [0.25, 0.3) is 0 Å². The average Bonchev–Trinajstić information content (AvgIpc) is 3.61. The normalized spacial score (nSPS) is 25.5. The molecule has 3 amide bonds. The van der Waals surface area contributed by atoms with Gasteiger partial charge in [-0.2, -0.15) is 5.01 Å². The molecule has 2 saturated carbocycles. The molecule has 2 bridgehead atoms. The molecule has 2 aliphatic carbocycles. The number of amides is 3. The lowest BCUT2D eigenvalue weighted by atomic mass is 9.81. The van der Waals surface area contributed by atoms with E-state index in [-0.39, 0.29) is 43.4 Å². The summed E-state index contributed by atoms with van der Waals surface area (Å²) in [4.78, 5) is 67.4. The fraction of sp³-hybridized carbons (Fsp3) is 0.258. The predicted molar refractivity (Wildman–Crippen MR) is 168 cm³/mol. The molecule has 1 heterocycles. The molecule has 6 atom stereocenters. The molecule has 1 saturated heterocycles. The van der Waals surface area contributed by atoms with Crippen LogP contribution in [0.5, 0.6) is 5.75 Å². The van der Waals surface area contributed by atoms with Crippen LogP contribution < -0.4 is 4.74 Å². The van der Waals surface area contributed by atoms with E-state index in [0.29, 0.717) is 5.56 Å². The first kappa shape index (κ1) is 30.2. The summed E-state index contributed by atoms with van der Waals surface area (Å²) >= 11 is 17.0. The first-order valence-corrected chi connectivity index (χ1v) is 16.4. The lowest BCUT2D eigenvalue weighted by Crippen LogP contribution is -2.52. The van der Waals surface area contributed by atoms with E-state index in [4.69, 9.17) is 16.3 Å². The fourth-order valence-corrected chi connectivity index (χ4v) is 8.62. The number of fused-ring (bicyclic) bond motifs is 5. The Balaban J connectivity index is 1.25. The number of nitrogens with zero attached hydrogens (tertiary/aromatic N) is 2. The quantitative estimate of drug-likeness (QED) is 0.0911. The van der Waals surface area contributed by atoms with Crippen LogP contribution in [0.3, 0.4) is 0 Å². The number of esters is 1. The summed E-state index contributed by atoms with van der Waals surface area (Å²) in [6.07, 6.45) is 0.725. The number of alkyl halides is 2. The molecule has 0 unspecified atom stereocenters. The van der Waals surface area contributed by atoms with Gasteiger partial charge in [0, 0.05) is 19.7 Å². The maximum Gasteiger partial charge on any atom is 0.343 e. The number of rotatable bonds is 7. The van der Waals surface area contributed by atoms with Crippen molar-refractivity contribution in [2.45, 2.75) is 16.1 Å². The number of benzene rings is 3. The summed E-state index contributed by atoms with van der Waals surface area (Å²) in [5.74, 6) is -3.88. The topological polar surface area (TPSA) is 101 Å². The second-order valence-corrected chi connectivity index (χ2v) is 14.1. The van der Waals surface area contributed by atoms with Gasteiger partial charge in [-0.25, -0.2) is 9.80 Å². The molecule has 3 fully saturated rings. The summed E-state index contributed by atoms with van der Waals surface area (Å²) in [7, 11) is 0. The van der Waals surface area contributed by atoms with Gasteiger partial charge in [-0.15, -0.1) is 0 Å². The predicted octanol–water partition coefficient (Wildman–Crippen LogP) is 6.34. The third-order valence-electron chi connectivity index (χ3n) is 8.30. The van der Waals surface area contributed by atoms with Crippen molar-refractivity contribution in [1.29, 1.82) is 0 Å². The zero-order chi connectivity index (χ0) is 30.6. The maximum atomic E-state index is 13.8. The second-order valence-electron chi connectivity index (χ2n) is 10.7. The molecule has 3 aromatic rings. The van der Waals surface area contributed by atoms with E-state index in [2.05, 4.69) is 47.8 Å². The number of halogens is 4. The second kappa shape index (κ2) is 11.9. The minimum Gasteiger partial charge on any atom is -0.423 e. The van der Waals surface area contributed by atoms with Gasteiger partial charge in [0.1, 0.15) is 12.3 Å². The molecule has 220 valence electrons. The third-order valence-corrected chi connectivity index (χ3v) is 12.4. The van der Waals surface area contributed by atoms with Crippen molar-refractivity contribution in [1.82, 2.24) is 10.0 Å². The van der Waals surface area contributed by atoms with Crippen molar-refractivity contribution in [3.05, 3.63) is 99.0 Å². The SMILES string of the molecule is O=C(CN(C(=O)c1ccccc1Cl)N1C(=O)[C@@H]2[C@H]3C[C@@H]([C@H](Br)[C@H]3Br)[C@@H]2C1=O)c1ccc(OC(=O)c2ccc(Br)cc2)cc1. The van der Waals surface area contributed by atoms with Gasteiger partial charge in [0.15, 0.2) is 5.78 Å². The van der Waals surface area contributed by atoms with Crippen LogP contribution in [0.15, 0.2) is 77.3 Å². The number of ketones is 1. The van der Waals surface area contributed by atoms with Crippen LogP contribution in [-0.2, 0) is 9.59 Å². The molecule has 0 aromatic heterocycles. The molecule has 8 nitrogen and oxygen atoms in total. The summed E-state index contributed by atoms with van der Waals surface area (Å²) in [5, 5.41) is 1.90. The zero-order valence-electron chi connectivity index (χ0n) is 22.2. The lowest BCUT2D eigenvalue weighted by molar-refractivity contribution is -0.154. The van der Waals surface area contributed by atoms with E-state index in [9.17, 15) is 24.0 Å². The molecule has 3 aliphatic rings. The monoisotopic (exact) mass is 790 g/mol. The van der Waals surface area contributed by atoms with Gasteiger partial charge in [0.2, 0.25) is 0 Å². The first-order chi connectivity index (χ1) is 20.6. The van der Waals surface area contributed by atoms with Crippen LogP contribution in [0.2, 0.25) is 5.02 Å². The largest absolute Gasteiger partial charge is 0.423 e. The van der Waals surface area contributed by atoms with Gasteiger partial charge in [0.25, 0.3) is 17.7 Å². The van der Waals surface area contributed by atoms with E-state index in [1.54, 1.807) is 36.4 Å². The van der Waals surface area contributed by atoms with E-state index >= 15 is 0 Å². The number of hydrazine groups is 1. The minimum absolute atomic E-state index is 0.0150. The van der Waals surface area contributed by atoms with E-state index < -0.39 is 47.9 Å². The number of hydrogen-bond acceptors (Lipinski definition) is 6. The van der Waals surface area contributed by atoms with Gasteiger partial charge in [-0.05, 0) is 78.9 Å². The van der Waals surface area contributed by atoms with E-state index in [1.807, 2.05) is 0 Å². The Hall–Kier alpha value is -2.86. The van der Waals surface area contributed by atoms with Crippen molar-refractivity contribution in [3.8, 4) is 5.75 Å². The number of carbonyl (C=O) groups excluding carboxylic acids is 5. The average molecular weight is 794 g/mol. The zero-order valence-corrected chi connectivity index (χ0v) is 27.7. The van der Waals surface area contributed by atoms with Crippen molar-refractivity contribution >= 4 is 88.9 Å². The summed E-state index contributed by atoms with van der Waals surface area (Å²) in [6, 6.07) is 18.8. The fourth-order valence-electron chi connectivity index (χ4n) is 6.27. The summed E-state index contributed by atoms with van der Waals surface area (Å²) < 4.78 is 6.23. The Morgan fingerprint density at radius 2 is 1.40 bits per heavy atom. The Kier molecular flexibility index (Phi) is 8.36. The molecule has 3 aromatic carbocycles.